The molecule has 1 rings (SSSR count). The minimum atomic E-state index is -0.510. The summed E-state index contributed by atoms with van der Waals surface area (Å²) in [6, 6.07) is 0. The quantitative estimate of drug-likeness (QED) is 0.709. The van der Waals surface area contributed by atoms with Crippen LogP contribution in [-0.4, -0.2) is 42.1 Å². The lowest BCUT2D eigenvalue weighted by atomic mass is 10.5. The van der Waals surface area contributed by atoms with E-state index in [1.54, 1.807) is 0 Å². The fourth-order valence-corrected chi connectivity index (χ4v) is 1.22. The van der Waals surface area contributed by atoms with Crippen LogP contribution in [0.15, 0.2) is 0 Å². The van der Waals surface area contributed by atoms with Crippen molar-refractivity contribution in [1.29, 1.82) is 0 Å². The van der Waals surface area contributed by atoms with Crippen molar-refractivity contribution in [3.63, 3.8) is 0 Å². The van der Waals surface area contributed by atoms with Crippen LogP contribution in [0.25, 0.3) is 0 Å². The van der Waals surface area contributed by atoms with Gasteiger partial charge in [0.05, 0.1) is 12.3 Å². The maximum absolute atomic E-state index is 11.1. The van der Waals surface area contributed by atoms with Gasteiger partial charge in [0.25, 0.3) is 0 Å². The van der Waals surface area contributed by atoms with E-state index in [-0.39, 0.29) is 5.91 Å². The highest BCUT2D eigenvalue weighted by atomic mass is 32.2. The second kappa shape index (κ2) is 7.67. The molecule has 5 heteroatoms. The predicted molar refractivity (Wildman–Crippen MR) is 57.4 cm³/mol. The van der Waals surface area contributed by atoms with Gasteiger partial charge in [0, 0.05) is 0 Å². The summed E-state index contributed by atoms with van der Waals surface area (Å²) >= 11 is 1.40. The summed E-state index contributed by atoms with van der Waals surface area (Å²) in [6.45, 7) is 4.98. The SMILES string of the molecule is CCC.CSCC(=O)N1CCOC1=O. The highest BCUT2D eigenvalue weighted by Gasteiger charge is 2.27. The number of amides is 2. The third-order valence-corrected chi connectivity index (χ3v) is 1.87. The number of hydrogen-bond acceptors (Lipinski definition) is 4. The molecule has 1 saturated heterocycles. The number of hydrogen-bond donors (Lipinski definition) is 0. The molecule has 2 amide bonds. The van der Waals surface area contributed by atoms with Gasteiger partial charge in [0.15, 0.2) is 0 Å². The zero-order valence-corrected chi connectivity index (χ0v) is 9.73. The van der Waals surface area contributed by atoms with Crippen LogP contribution in [0.2, 0.25) is 0 Å². The summed E-state index contributed by atoms with van der Waals surface area (Å²) in [5.74, 6) is 0.176. The summed E-state index contributed by atoms with van der Waals surface area (Å²) in [6.07, 6.45) is 2.56. The topological polar surface area (TPSA) is 46.6 Å². The Morgan fingerprint density at radius 1 is 1.57 bits per heavy atom. The van der Waals surface area contributed by atoms with Crippen molar-refractivity contribution >= 4 is 23.8 Å². The molecule has 0 aromatic heterocycles. The highest BCUT2D eigenvalue weighted by Crippen LogP contribution is 2.05. The van der Waals surface area contributed by atoms with Crippen molar-refractivity contribution in [2.24, 2.45) is 0 Å². The molecule has 1 aliphatic rings. The van der Waals surface area contributed by atoms with Crippen molar-refractivity contribution in [1.82, 2.24) is 4.90 Å². The minimum Gasteiger partial charge on any atom is -0.447 e. The molecule has 82 valence electrons. The minimum absolute atomic E-state index is 0.167. The van der Waals surface area contributed by atoms with Gasteiger partial charge in [-0.15, -0.1) is 0 Å². The van der Waals surface area contributed by atoms with Crippen LogP contribution in [0.4, 0.5) is 4.79 Å². The lowest BCUT2D eigenvalue weighted by Crippen LogP contribution is -2.32. The van der Waals surface area contributed by atoms with Crippen LogP contribution in [-0.2, 0) is 9.53 Å². The molecule has 0 atom stereocenters. The lowest BCUT2D eigenvalue weighted by Gasteiger charge is -2.08. The molecule has 0 spiro atoms. The summed E-state index contributed by atoms with van der Waals surface area (Å²) in [5, 5.41) is 0. The molecule has 4 nitrogen and oxygen atoms in total. The van der Waals surface area contributed by atoms with Gasteiger partial charge >= 0.3 is 6.09 Å². The van der Waals surface area contributed by atoms with E-state index < -0.39 is 6.09 Å². The Kier molecular flexibility index (Phi) is 7.28. The number of imide groups is 1. The number of rotatable bonds is 2. The first-order valence-corrected chi connectivity index (χ1v) is 6.02. The predicted octanol–water partition coefficient (Wildman–Crippen LogP) is 1.74. The molecule has 0 radical (unpaired) electrons. The van der Waals surface area contributed by atoms with Crippen molar-refractivity contribution in [2.45, 2.75) is 20.3 Å². The molecule has 1 aliphatic heterocycles. The molecule has 0 aliphatic carbocycles. The van der Waals surface area contributed by atoms with E-state index in [2.05, 4.69) is 18.6 Å². The summed E-state index contributed by atoms with van der Waals surface area (Å²) < 4.78 is 4.59. The zero-order valence-electron chi connectivity index (χ0n) is 8.91. The molecule has 0 saturated carbocycles. The van der Waals surface area contributed by atoms with Crippen molar-refractivity contribution in [3.05, 3.63) is 0 Å². The van der Waals surface area contributed by atoms with E-state index in [4.69, 9.17) is 0 Å². The van der Waals surface area contributed by atoms with Crippen LogP contribution in [0.5, 0.6) is 0 Å². The van der Waals surface area contributed by atoms with Gasteiger partial charge in [-0.25, -0.2) is 9.69 Å². The molecular formula is C9H17NO3S. The standard InChI is InChI=1S/C6H9NO3S.C3H8/c1-11-4-5(8)7-2-3-10-6(7)9;1-3-2/h2-4H2,1H3;3H2,1-2H3. The Balaban J connectivity index is 0.000000500. The first-order valence-electron chi connectivity index (χ1n) is 4.63. The van der Waals surface area contributed by atoms with Gasteiger partial charge < -0.3 is 4.74 Å². The van der Waals surface area contributed by atoms with Crippen molar-refractivity contribution in [2.75, 3.05) is 25.2 Å². The molecule has 0 N–H and O–H groups in total. The number of thioether (sulfide) groups is 1. The molecule has 0 bridgehead atoms. The molecule has 14 heavy (non-hydrogen) atoms. The monoisotopic (exact) mass is 219 g/mol. The second-order valence-corrected chi connectivity index (χ2v) is 3.67. The van der Waals surface area contributed by atoms with Crippen molar-refractivity contribution < 1.29 is 14.3 Å². The van der Waals surface area contributed by atoms with E-state index in [1.165, 1.54) is 18.2 Å². The molecule has 0 unspecified atom stereocenters. The van der Waals surface area contributed by atoms with E-state index in [0.29, 0.717) is 18.9 Å². The maximum atomic E-state index is 11.1. The van der Waals surface area contributed by atoms with Gasteiger partial charge in [0.2, 0.25) is 5.91 Å². The Morgan fingerprint density at radius 2 is 2.14 bits per heavy atom. The van der Waals surface area contributed by atoms with Gasteiger partial charge in [-0.05, 0) is 6.26 Å². The molecular weight excluding hydrogens is 202 g/mol. The molecule has 0 aromatic rings. The number of carbonyl (C=O) groups excluding carboxylic acids is 2. The zero-order chi connectivity index (χ0) is 11.0. The normalized spacial score (nSPS) is 14.5. The number of nitrogens with zero attached hydrogens (tertiary/aromatic N) is 1. The Morgan fingerprint density at radius 3 is 2.50 bits per heavy atom. The third kappa shape index (κ3) is 4.50. The number of cyclic esters (lactones) is 1. The first-order chi connectivity index (χ1) is 6.67. The van der Waals surface area contributed by atoms with E-state index in [0.717, 1.165) is 4.90 Å². The van der Waals surface area contributed by atoms with Gasteiger partial charge in [-0.1, -0.05) is 20.3 Å². The molecule has 0 aromatic carbocycles. The van der Waals surface area contributed by atoms with Crippen LogP contribution in [0, 0.1) is 0 Å². The summed E-state index contributed by atoms with van der Waals surface area (Å²) in [4.78, 5) is 23.0. The highest BCUT2D eigenvalue weighted by molar-refractivity contribution is 7.99. The van der Waals surface area contributed by atoms with Crippen LogP contribution < -0.4 is 0 Å². The van der Waals surface area contributed by atoms with Gasteiger partial charge in [-0.2, -0.15) is 11.8 Å². The van der Waals surface area contributed by atoms with Crippen LogP contribution in [0.3, 0.4) is 0 Å². The smallest absolute Gasteiger partial charge is 0.416 e. The average molecular weight is 219 g/mol. The fourth-order valence-electron chi connectivity index (χ4n) is 0.821. The first kappa shape index (κ1) is 13.3. The van der Waals surface area contributed by atoms with Gasteiger partial charge in [-0.3, -0.25) is 4.79 Å². The van der Waals surface area contributed by atoms with E-state index >= 15 is 0 Å². The third-order valence-electron chi connectivity index (χ3n) is 1.33. The Hall–Kier alpha value is -0.710. The van der Waals surface area contributed by atoms with E-state index in [9.17, 15) is 9.59 Å². The van der Waals surface area contributed by atoms with Crippen LogP contribution in [0.1, 0.15) is 20.3 Å². The summed E-state index contributed by atoms with van der Waals surface area (Å²) in [5.41, 5.74) is 0. The van der Waals surface area contributed by atoms with Gasteiger partial charge in [0.1, 0.15) is 6.61 Å². The number of ether oxygens (including phenoxy) is 1. The second-order valence-electron chi connectivity index (χ2n) is 2.80. The number of carbonyl (C=O) groups is 2. The fraction of sp³-hybridized carbons (Fsp3) is 0.778. The molecule has 1 heterocycles. The Labute approximate surface area is 89.0 Å². The summed E-state index contributed by atoms with van der Waals surface area (Å²) in [7, 11) is 0. The lowest BCUT2D eigenvalue weighted by molar-refractivity contribution is -0.124. The Bertz CT molecular complexity index is 196. The molecule has 1 fully saturated rings. The average Bonchev–Trinajstić information content (AvgIpc) is 2.53. The van der Waals surface area contributed by atoms with Crippen molar-refractivity contribution in [3.8, 4) is 0 Å². The maximum Gasteiger partial charge on any atom is 0.416 e. The van der Waals surface area contributed by atoms with E-state index in [1.807, 2.05) is 6.26 Å². The largest absolute Gasteiger partial charge is 0.447 e. The van der Waals surface area contributed by atoms with Crippen LogP contribution >= 0.6 is 11.8 Å².